The molecule has 1 unspecified atom stereocenters. The molecule has 4 heteroatoms. The van der Waals surface area contributed by atoms with Gasteiger partial charge in [0.1, 0.15) is 0 Å². The summed E-state index contributed by atoms with van der Waals surface area (Å²) in [5, 5.41) is 4.72. The van der Waals surface area contributed by atoms with Gasteiger partial charge in [0.2, 0.25) is 0 Å². The predicted octanol–water partition coefficient (Wildman–Crippen LogP) is 4.78. The van der Waals surface area contributed by atoms with Gasteiger partial charge in [0, 0.05) is 27.7 Å². The first-order valence-corrected chi connectivity index (χ1v) is 9.64. The van der Waals surface area contributed by atoms with E-state index in [1.54, 1.807) is 4.57 Å². The van der Waals surface area contributed by atoms with Gasteiger partial charge in [0.25, 0.3) is 5.91 Å². The topological polar surface area (TPSA) is 34.0 Å². The van der Waals surface area contributed by atoms with Gasteiger partial charge >= 0.3 is 0 Å². The van der Waals surface area contributed by atoms with Crippen LogP contribution in [0.2, 0.25) is 0 Å². The van der Waals surface area contributed by atoms with Gasteiger partial charge in [-0.3, -0.25) is 9.36 Å². The van der Waals surface area contributed by atoms with Crippen LogP contribution in [-0.2, 0) is 6.42 Å². The zero-order chi connectivity index (χ0) is 17.2. The summed E-state index contributed by atoms with van der Waals surface area (Å²) in [4.78, 5) is 13.0. The van der Waals surface area contributed by atoms with Crippen LogP contribution in [-0.4, -0.2) is 23.1 Å². The molecule has 128 valence electrons. The van der Waals surface area contributed by atoms with Crippen LogP contribution in [0.3, 0.4) is 0 Å². The maximum absolute atomic E-state index is 13.0. The lowest BCUT2D eigenvalue weighted by molar-refractivity contribution is 0.0965. The number of nitrogens with zero attached hydrogens (tertiary/aromatic N) is 1. The van der Waals surface area contributed by atoms with Crippen molar-refractivity contribution in [1.82, 2.24) is 9.88 Å². The molecule has 0 amide bonds. The largest absolute Gasteiger partial charge is 0.314 e. The van der Waals surface area contributed by atoms with Crippen LogP contribution in [0.1, 0.15) is 35.2 Å². The van der Waals surface area contributed by atoms with Crippen molar-refractivity contribution in [1.29, 1.82) is 0 Å². The average molecular weight is 397 g/mol. The molecule has 3 aromatic rings. The predicted molar refractivity (Wildman–Crippen MR) is 105 cm³/mol. The van der Waals surface area contributed by atoms with Gasteiger partial charge in [0.05, 0.1) is 5.52 Å². The zero-order valence-corrected chi connectivity index (χ0v) is 15.6. The number of carbonyl (C=O) groups is 1. The molecular weight excluding hydrogens is 376 g/mol. The molecule has 4 rings (SSSR count). The van der Waals surface area contributed by atoms with Gasteiger partial charge < -0.3 is 5.32 Å². The van der Waals surface area contributed by atoms with E-state index < -0.39 is 0 Å². The number of aryl methyl sites for hydroxylation is 1. The van der Waals surface area contributed by atoms with Crippen molar-refractivity contribution in [2.75, 3.05) is 6.54 Å². The summed E-state index contributed by atoms with van der Waals surface area (Å²) in [6, 6.07) is 16.2. The number of hydrogen-bond acceptors (Lipinski definition) is 2. The minimum absolute atomic E-state index is 0.0261. The molecule has 1 aliphatic rings. The Morgan fingerprint density at radius 1 is 1.20 bits per heavy atom. The second-order valence-corrected chi connectivity index (χ2v) is 7.60. The Labute approximate surface area is 156 Å². The Balaban J connectivity index is 1.70. The van der Waals surface area contributed by atoms with E-state index in [1.165, 1.54) is 18.4 Å². The normalized spacial score (nSPS) is 17.2. The molecule has 2 heterocycles. The van der Waals surface area contributed by atoms with Gasteiger partial charge in [-0.2, -0.15) is 0 Å². The lowest BCUT2D eigenvalue weighted by Gasteiger charge is -2.08. The molecule has 1 fully saturated rings. The van der Waals surface area contributed by atoms with Crippen LogP contribution in [0, 0.1) is 0 Å². The molecule has 25 heavy (non-hydrogen) atoms. The van der Waals surface area contributed by atoms with E-state index in [-0.39, 0.29) is 5.91 Å². The summed E-state index contributed by atoms with van der Waals surface area (Å²) < 4.78 is 2.85. The second-order valence-electron chi connectivity index (χ2n) is 6.69. The van der Waals surface area contributed by atoms with Crippen LogP contribution in [0.15, 0.2) is 59.2 Å². The monoisotopic (exact) mass is 396 g/mol. The lowest BCUT2D eigenvalue weighted by Crippen LogP contribution is -2.21. The number of aromatic nitrogens is 1. The smallest absolute Gasteiger partial charge is 0.262 e. The first-order valence-electron chi connectivity index (χ1n) is 8.85. The summed E-state index contributed by atoms with van der Waals surface area (Å²) in [6.07, 6.45) is 6.65. The lowest BCUT2D eigenvalue weighted by atomic mass is 10.0. The van der Waals surface area contributed by atoms with Crippen LogP contribution in [0.25, 0.3) is 10.9 Å². The number of carbonyl (C=O) groups excluding carboxylic acids is 1. The Kier molecular flexibility index (Phi) is 4.73. The highest BCUT2D eigenvalue weighted by Crippen LogP contribution is 2.28. The highest BCUT2D eigenvalue weighted by Gasteiger charge is 2.18. The number of rotatable bonds is 4. The number of hydrogen-bond donors (Lipinski definition) is 1. The molecule has 2 aromatic carbocycles. The zero-order valence-electron chi connectivity index (χ0n) is 14.0. The van der Waals surface area contributed by atoms with Crippen LogP contribution in [0.4, 0.5) is 0 Å². The molecule has 1 aliphatic heterocycles. The Morgan fingerprint density at radius 3 is 2.80 bits per heavy atom. The first-order chi connectivity index (χ1) is 12.2. The fourth-order valence-electron chi connectivity index (χ4n) is 3.69. The maximum atomic E-state index is 13.0. The minimum atomic E-state index is 0.0261. The number of benzene rings is 2. The summed E-state index contributed by atoms with van der Waals surface area (Å²) in [5.74, 6) is 0.0261. The van der Waals surface area contributed by atoms with Crippen LogP contribution < -0.4 is 5.32 Å². The molecule has 1 saturated heterocycles. The van der Waals surface area contributed by atoms with Gasteiger partial charge in [-0.05, 0) is 68.1 Å². The molecule has 1 atom stereocenters. The molecule has 0 bridgehead atoms. The van der Waals surface area contributed by atoms with Gasteiger partial charge in [-0.1, -0.05) is 34.1 Å². The van der Waals surface area contributed by atoms with Gasteiger partial charge in [0.15, 0.2) is 0 Å². The fraction of sp³-hybridized carbons (Fsp3) is 0.286. The highest BCUT2D eigenvalue weighted by molar-refractivity contribution is 9.10. The third kappa shape index (κ3) is 3.42. The van der Waals surface area contributed by atoms with Gasteiger partial charge in [-0.25, -0.2) is 0 Å². The molecule has 0 spiro atoms. The summed E-state index contributed by atoms with van der Waals surface area (Å²) in [6.45, 7) is 1.13. The Bertz CT molecular complexity index is 895. The third-order valence-electron chi connectivity index (χ3n) is 5.01. The van der Waals surface area contributed by atoms with E-state index in [9.17, 15) is 4.79 Å². The molecule has 0 radical (unpaired) electrons. The van der Waals surface area contributed by atoms with Crippen LogP contribution >= 0.6 is 15.9 Å². The van der Waals surface area contributed by atoms with Crippen molar-refractivity contribution >= 4 is 32.7 Å². The van der Waals surface area contributed by atoms with E-state index in [4.69, 9.17) is 0 Å². The van der Waals surface area contributed by atoms with E-state index in [2.05, 4.69) is 27.3 Å². The maximum Gasteiger partial charge on any atom is 0.262 e. The highest BCUT2D eigenvalue weighted by atomic mass is 79.9. The van der Waals surface area contributed by atoms with Crippen molar-refractivity contribution in [3.05, 3.63) is 70.3 Å². The Hall–Kier alpha value is -1.91. The summed E-state index contributed by atoms with van der Waals surface area (Å²) in [5.41, 5.74) is 2.94. The molecule has 1 aromatic heterocycles. The van der Waals surface area contributed by atoms with Crippen molar-refractivity contribution in [2.45, 2.75) is 31.7 Å². The molecule has 1 N–H and O–H groups in total. The van der Waals surface area contributed by atoms with Gasteiger partial charge in [-0.15, -0.1) is 0 Å². The molecule has 3 nitrogen and oxygen atoms in total. The van der Waals surface area contributed by atoms with Crippen LogP contribution in [0.5, 0.6) is 0 Å². The third-order valence-corrected chi connectivity index (χ3v) is 5.51. The molecule has 0 aliphatic carbocycles. The number of nitrogens with one attached hydrogen (secondary N) is 1. The van der Waals surface area contributed by atoms with Crippen molar-refractivity contribution < 1.29 is 4.79 Å². The standard InChI is InChI=1S/C21H21BrN2O/c22-17-9-11-20-19(13-17)16(8-10-18-7-4-12-23-18)14-24(20)21(25)15-5-2-1-3-6-15/h1-3,5-6,9,11,13-14,18,23H,4,7-8,10,12H2. The fourth-order valence-corrected chi connectivity index (χ4v) is 4.05. The SMILES string of the molecule is O=C(c1ccccc1)n1cc(CCC2CCCN2)c2cc(Br)ccc21. The quantitative estimate of drug-likeness (QED) is 0.688. The number of fused-ring (bicyclic) bond motifs is 1. The average Bonchev–Trinajstić information content (AvgIpc) is 3.27. The van der Waals surface area contributed by atoms with E-state index in [1.807, 2.05) is 48.7 Å². The molecule has 0 saturated carbocycles. The summed E-state index contributed by atoms with van der Waals surface area (Å²) >= 11 is 3.57. The summed E-state index contributed by atoms with van der Waals surface area (Å²) in [7, 11) is 0. The van der Waals surface area contributed by atoms with E-state index in [0.29, 0.717) is 11.6 Å². The molecular formula is C21H21BrN2O. The number of halogens is 1. The van der Waals surface area contributed by atoms with E-state index >= 15 is 0 Å². The minimum Gasteiger partial charge on any atom is -0.314 e. The Morgan fingerprint density at radius 2 is 2.04 bits per heavy atom. The van der Waals surface area contributed by atoms with Crippen molar-refractivity contribution in [3.63, 3.8) is 0 Å². The first kappa shape index (κ1) is 16.6. The van der Waals surface area contributed by atoms with E-state index in [0.717, 1.165) is 34.8 Å². The second kappa shape index (κ2) is 7.14. The van der Waals surface area contributed by atoms with Crippen molar-refractivity contribution in [2.24, 2.45) is 0 Å². The van der Waals surface area contributed by atoms with Crippen molar-refractivity contribution in [3.8, 4) is 0 Å².